The molecule has 2 fully saturated rings. The van der Waals surface area contributed by atoms with Crippen LogP contribution in [0, 0.1) is 17.8 Å². The zero-order valence-corrected chi connectivity index (χ0v) is 12.0. The highest BCUT2D eigenvalue weighted by atomic mass is 16.5. The molecule has 104 valence electrons. The predicted octanol–water partition coefficient (Wildman–Crippen LogP) is 4.32. The Bertz CT molecular complexity index is 274. The molecule has 0 aromatic heterocycles. The van der Waals surface area contributed by atoms with Gasteiger partial charge in [0.25, 0.3) is 0 Å². The van der Waals surface area contributed by atoms with Gasteiger partial charge in [0, 0.05) is 6.42 Å². The Balaban J connectivity index is 1.67. The summed E-state index contributed by atoms with van der Waals surface area (Å²) >= 11 is 0. The smallest absolute Gasteiger partial charge is 0.306 e. The number of carbonyl (C=O) groups excluding carboxylic acids is 1. The minimum absolute atomic E-state index is 0.0124. The van der Waals surface area contributed by atoms with Crippen LogP contribution in [0.2, 0.25) is 0 Å². The summed E-state index contributed by atoms with van der Waals surface area (Å²) in [6.45, 7) is 4.67. The fraction of sp³-hybridized carbons (Fsp3) is 0.938. The molecule has 0 aromatic rings. The molecule has 4 atom stereocenters. The highest BCUT2D eigenvalue weighted by molar-refractivity contribution is 5.71. The van der Waals surface area contributed by atoms with Crippen molar-refractivity contribution >= 4 is 5.97 Å². The van der Waals surface area contributed by atoms with Crippen molar-refractivity contribution in [1.82, 2.24) is 0 Å². The maximum Gasteiger partial charge on any atom is 0.306 e. The fourth-order valence-electron chi connectivity index (χ4n) is 3.92. The summed E-state index contributed by atoms with van der Waals surface area (Å²) in [5.41, 5.74) is 0. The van der Waals surface area contributed by atoms with Crippen molar-refractivity contribution < 1.29 is 9.53 Å². The molecule has 1 aliphatic carbocycles. The van der Waals surface area contributed by atoms with Crippen LogP contribution in [0.1, 0.15) is 71.6 Å². The number of rotatable bonds is 6. The van der Waals surface area contributed by atoms with E-state index in [1.165, 1.54) is 38.5 Å². The highest BCUT2D eigenvalue weighted by Gasteiger charge is 2.32. The number of ether oxygens (including phenoxy) is 1. The van der Waals surface area contributed by atoms with Gasteiger partial charge in [-0.25, -0.2) is 0 Å². The number of carbonyl (C=O) groups is 1. The summed E-state index contributed by atoms with van der Waals surface area (Å²) in [7, 11) is 0. The average molecular weight is 252 g/mol. The summed E-state index contributed by atoms with van der Waals surface area (Å²) in [6, 6.07) is 0. The molecule has 2 aliphatic rings. The molecule has 0 aromatic carbocycles. The van der Waals surface area contributed by atoms with Gasteiger partial charge < -0.3 is 4.74 Å². The Hall–Kier alpha value is -0.530. The van der Waals surface area contributed by atoms with Crippen LogP contribution in [-0.4, -0.2) is 12.1 Å². The third-order valence-electron chi connectivity index (χ3n) is 5.11. The standard InChI is InChI=1S/C16H28O2/c1-3-12-10-13(4-2)14(11-12)6-5-7-15-8-9-16(17)18-15/h12-15H,3-11H2,1-2H3. The number of hydrogen-bond donors (Lipinski definition) is 0. The Labute approximate surface area is 111 Å². The van der Waals surface area contributed by atoms with Crippen LogP contribution in [0.15, 0.2) is 0 Å². The quantitative estimate of drug-likeness (QED) is 0.658. The normalized spacial score (nSPS) is 36.0. The van der Waals surface area contributed by atoms with Crippen molar-refractivity contribution in [2.45, 2.75) is 77.7 Å². The van der Waals surface area contributed by atoms with E-state index in [0.29, 0.717) is 6.42 Å². The van der Waals surface area contributed by atoms with Gasteiger partial charge in [-0.1, -0.05) is 33.1 Å². The molecule has 0 bridgehead atoms. The third-order valence-corrected chi connectivity index (χ3v) is 5.11. The zero-order valence-electron chi connectivity index (χ0n) is 12.0. The lowest BCUT2D eigenvalue weighted by atomic mass is 9.88. The minimum Gasteiger partial charge on any atom is -0.462 e. The van der Waals surface area contributed by atoms with Gasteiger partial charge in [0.1, 0.15) is 6.10 Å². The summed E-state index contributed by atoms with van der Waals surface area (Å²) in [5, 5.41) is 0. The van der Waals surface area contributed by atoms with E-state index in [1.807, 2.05) is 0 Å². The monoisotopic (exact) mass is 252 g/mol. The molecule has 1 aliphatic heterocycles. The van der Waals surface area contributed by atoms with E-state index < -0.39 is 0 Å². The van der Waals surface area contributed by atoms with Gasteiger partial charge in [-0.2, -0.15) is 0 Å². The third kappa shape index (κ3) is 3.49. The van der Waals surface area contributed by atoms with E-state index in [2.05, 4.69) is 13.8 Å². The van der Waals surface area contributed by atoms with E-state index in [0.717, 1.165) is 30.6 Å². The molecule has 18 heavy (non-hydrogen) atoms. The van der Waals surface area contributed by atoms with Crippen LogP contribution in [0.25, 0.3) is 0 Å². The van der Waals surface area contributed by atoms with Gasteiger partial charge in [0.15, 0.2) is 0 Å². The van der Waals surface area contributed by atoms with E-state index >= 15 is 0 Å². The van der Waals surface area contributed by atoms with Gasteiger partial charge in [0.2, 0.25) is 0 Å². The largest absolute Gasteiger partial charge is 0.462 e. The minimum atomic E-state index is 0.0124. The molecule has 2 heteroatoms. The Morgan fingerprint density at radius 1 is 1.11 bits per heavy atom. The first kappa shape index (κ1) is 13.9. The topological polar surface area (TPSA) is 26.3 Å². The maximum atomic E-state index is 11.0. The van der Waals surface area contributed by atoms with E-state index in [4.69, 9.17) is 4.74 Å². The van der Waals surface area contributed by atoms with Crippen molar-refractivity contribution in [2.24, 2.45) is 17.8 Å². The second-order valence-corrected chi connectivity index (χ2v) is 6.26. The van der Waals surface area contributed by atoms with Gasteiger partial charge in [-0.3, -0.25) is 4.79 Å². The molecule has 0 radical (unpaired) electrons. The number of cyclic esters (lactones) is 1. The van der Waals surface area contributed by atoms with Crippen LogP contribution in [0.3, 0.4) is 0 Å². The molecule has 0 spiro atoms. The Morgan fingerprint density at radius 3 is 2.50 bits per heavy atom. The lowest BCUT2D eigenvalue weighted by Crippen LogP contribution is -2.10. The van der Waals surface area contributed by atoms with Crippen LogP contribution in [0.4, 0.5) is 0 Å². The van der Waals surface area contributed by atoms with Crippen LogP contribution in [0.5, 0.6) is 0 Å². The molecule has 1 heterocycles. The first-order chi connectivity index (χ1) is 8.72. The molecule has 4 unspecified atom stereocenters. The molecule has 0 amide bonds. The molecule has 1 saturated carbocycles. The summed E-state index contributed by atoms with van der Waals surface area (Å²) in [6.07, 6.45) is 11.1. The van der Waals surface area contributed by atoms with Gasteiger partial charge in [-0.15, -0.1) is 0 Å². The van der Waals surface area contributed by atoms with Crippen molar-refractivity contribution in [2.75, 3.05) is 0 Å². The van der Waals surface area contributed by atoms with E-state index in [-0.39, 0.29) is 12.1 Å². The molecule has 1 saturated heterocycles. The predicted molar refractivity (Wildman–Crippen MR) is 73.3 cm³/mol. The Kier molecular flexibility index (Phi) is 5.08. The zero-order chi connectivity index (χ0) is 13.0. The number of esters is 1. The molecule has 0 N–H and O–H groups in total. The van der Waals surface area contributed by atoms with E-state index in [9.17, 15) is 4.79 Å². The van der Waals surface area contributed by atoms with Crippen molar-refractivity contribution in [3.05, 3.63) is 0 Å². The Morgan fingerprint density at radius 2 is 1.89 bits per heavy atom. The van der Waals surface area contributed by atoms with Gasteiger partial charge >= 0.3 is 5.97 Å². The second kappa shape index (κ2) is 6.58. The summed E-state index contributed by atoms with van der Waals surface area (Å²) < 4.78 is 5.28. The van der Waals surface area contributed by atoms with Crippen molar-refractivity contribution in [1.29, 1.82) is 0 Å². The maximum absolute atomic E-state index is 11.0. The highest BCUT2D eigenvalue weighted by Crippen LogP contribution is 2.42. The lowest BCUT2D eigenvalue weighted by molar-refractivity contribution is -0.141. The van der Waals surface area contributed by atoms with Gasteiger partial charge in [-0.05, 0) is 49.9 Å². The molecule has 2 nitrogen and oxygen atoms in total. The van der Waals surface area contributed by atoms with Crippen molar-refractivity contribution in [3.63, 3.8) is 0 Å². The molecular weight excluding hydrogens is 224 g/mol. The second-order valence-electron chi connectivity index (χ2n) is 6.26. The fourth-order valence-corrected chi connectivity index (χ4v) is 3.92. The molecular formula is C16H28O2. The SMILES string of the molecule is CCC1CC(CC)C(CCCC2CCC(=O)O2)C1. The molecule has 2 rings (SSSR count). The van der Waals surface area contributed by atoms with E-state index in [1.54, 1.807) is 0 Å². The first-order valence-corrected chi connectivity index (χ1v) is 7.92. The lowest BCUT2D eigenvalue weighted by Gasteiger charge is -2.18. The van der Waals surface area contributed by atoms with Crippen LogP contribution in [-0.2, 0) is 9.53 Å². The van der Waals surface area contributed by atoms with Crippen molar-refractivity contribution in [3.8, 4) is 0 Å². The summed E-state index contributed by atoms with van der Waals surface area (Å²) in [4.78, 5) is 11.0. The average Bonchev–Trinajstić information content (AvgIpc) is 2.95. The van der Waals surface area contributed by atoms with Crippen LogP contribution >= 0.6 is 0 Å². The van der Waals surface area contributed by atoms with Gasteiger partial charge in [0.05, 0.1) is 0 Å². The number of hydrogen-bond acceptors (Lipinski definition) is 2. The first-order valence-electron chi connectivity index (χ1n) is 7.92. The summed E-state index contributed by atoms with van der Waals surface area (Å²) in [5.74, 6) is 2.89. The van der Waals surface area contributed by atoms with Crippen LogP contribution < -0.4 is 0 Å².